The number of rotatable bonds is 9. The number of hydrogen-bond donors (Lipinski definition) is 1. The highest BCUT2D eigenvalue weighted by atomic mass is 19.1. The number of ketones is 1. The number of carbonyl (C=O) groups is 3. The first-order chi connectivity index (χ1) is 15.8. The van der Waals surface area contributed by atoms with Crippen molar-refractivity contribution >= 4 is 17.7 Å². The van der Waals surface area contributed by atoms with Gasteiger partial charge in [-0.1, -0.05) is 42.5 Å². The van der Waals surface area contributed by atoms with E-state index in [1.807, 2.05) is 6.07 Å². The van der Waals surface area contributed by atoms with Crippen molar-refractivity contribution in [3.8, 4) is 5.75 Å². The Morgan fingerprint density at radius 3 is 2.09 bits per heavy atom. The molecule has 0 saturated heterocycles. The van der Waals surface area contributed by atoms with Crippen LogP contribution in [0.4, 0.5) is 4.39 Å². The van der Waals surface area contributed by atoms with Crippen LogP contribution in [-0.2, 0) is 14.3 Å². The summed E-state index contributed by atoms with van der Waals surface area (Å²) in [6.07, 6.45) is -1.03. The van der Waals surface area contributed by atoms with E-state index < -0.39 is 24.6 Å². The van der Waals surface area contributed by atoms with E-state index in [2.05, 4.69) is 5.32 Å². The van der Waals surface area contributed by atoms with Gasteiger partial charge in [-0.15, -0.1) is 0 Å². The molecular formula is C26H24FNO5. The molecule has 7 heteroatoms. The van der Waals surface area contributed by atoms with Crippen molar-refractivity contribution in [2.24, 2.45) is 0 Å². The van der Waals surface area contributed by atoms with Gasteiger partial charge >= 0.3 is 5.97 Å². The van der Waals surface area contributed by atoms with E-state index in [0.717, 1.165) is 5.56 Å². The molecule has 170 valence electrons. The van der Waals surface area contributed by atoms with Gasteiger partial charge in [0.15, 0.2) is 18.5 Å². The first-order valence-electron chi connectivity index (χ1n) is 10.4. The predicted molar refractivity (Wildman–Crippen MR) is 120 cm³/mol. The molecule has 3 aromatic carbocycles. The van der Waals surface area contributed by atoms with Gasteiger partial charge < -0.3 is 14.8 Å². The fraction of sp³-hybridized carbons (Fsp3) is 0.192. The number of ether oxygens (including phenoxy) is 2. The third kappa shape index (κ3) is 6.74. The summed E-state index contributed by atoms with van der Waals surface area (Å²) in [5.41, 5.74) is 1.80. The molecule has 0 radical (unpaired) electrons. The summed E-state index contributed by atoms with van der Waals surface area (Å²) >= 11 is 0. The second-order valence-electron chi connectivity index (χ2n) is 7.42. The normalized spacial score (nSPS) is 12.3. The van der Waals surface area contributed by atoms with Gasteiger partial charge in [0, 0.05) is 11.1 Å². The first-order valence-corrected chi connectivity index (χ1v) is 10.4. The minimum Gasteiger partial charge on any atom is -0.482 e. The number of nitrogens with one attached hydrogen (secondary N) is 1. The summed E-state index contributed by atoms with van der Waals surface area (Å²) in [6, 6.07) is 20.7. The van der Waals surface area contributed by atoms with Crippen molar-refractivity contribution in [1.29, 1.82) is 0 Å². The van der Waals surface area contributed by atoms with Crippen molar-refractivity contribution in [2.45, 2.75) is 26.0 Å². The van der Waals surface area contributed by atoms with E-state index in [4.69, 9.17) is 9.47 Å². The highest BCUT2D eigenvalue weighted by Crippen LogP contribution is 2.16. The van der Waals surface area contributed by atoms with E-state index in [0.29, 0.717) is 16.9 Å². The lowest BCUT2D eigenvalue weighted by Crippen LogP contribution is -2.38. The summed E-state index contributed by atoms with van der Waals surface area (Å²) in [6.45, 7) is 2.81. The van der Waals surface area contributed by atoms with Gasteiger partial charge in [0.25, 0.3) is 5.91 Å². The molecule has 0 heterocycles. The van der Waals surface area contributed by atoms with Gasteiger partial charge in [-0.3, -0.25) is 9.59 Å². The Bertz CT molecular complexity index is 1100. The van der Waals surface area contributed by atoms with Crippen LogP contribution in [-0.4, -0.2) is 30.4 Å². The summed E-state index contributed by atoms with van der Waals surface area (Å²) in [4.78, 5) is 36.8. The highest BCUT2D eigenvalue weighted by molar-refractivity contribution is 6.09. The Balaban J connectivity index is 1.46. The molecule has 0 aliphatic carbocycles. The van der Waals surface area contributed by atoms with Crippen molar-refractivity contribution in [2.75, 3.05) is 6.61 Å². The van der Waals surface area contributed by atoms with Crippen LogP contribution in [0.5, 0.6) is 5.75 Å². The maximum absolute atomic E-state index is 13.0. The number of benzene rings is 3. The molecule has 33 heavy (non-hydrogen) atoms. The molecule has 0 fully saturated rings. The molecular weight excluding hydrogens is 425 g/mol. The van der Waals surface area contributed by atoms with Crippen LogP contribution in [0.2, 0.25) is 0 Å². The summed E-state index contributed by atoms with van der Waals surface area (Å²) in [5.74, 6) is -1.28. The summed E-state index contributed by atoms with van der Waals surface area (Å²) < 4.78 is 23.6. The lowest BCUT2D eigenvalue weighted by molar-refractivity contribution is -0.156. The van der Waals surface area contributed by atoms with E-state index in [1.54, 1.807) is 67.6 Å². The molecule has 3 aromatic rings. The minimum absolute atomic E-state index is 0.115. The summed E-state index contributed by atoms with van der Waals surface area (Å²) in [5, 5.41) is 2.71. The number of halogens is 1. The Kier molecular flexibility index (Phi) is 7.91. The number of esters is 1. The standard InChI is InChI=1S/C26H24FNO5/c1-17(19-8-12-22(27)13-9-19)28-26(31)18(2)33-24(29)16-32-23-14-10-21(11-15-23)25(30)20-6-4-3-5-7-20/h3-15,17-18H,16H2,1-2H3,(H,28,31). The Morgan fingerprint density at radius 1 is 0.848 bits per heavy atom. The van der Waals surface area contributed by atoms with Gasteiger partial charge in [0.05, 0.1) is 6.04 Å². The number of hydrogen-bond acceptors (Lipinski definition) is 5. The molecule has 6 nitrogen and oxygen atoms in total. The van der Waals surface area contributed by atoms with Gasteiger partial charge in [0.1, 0.15) is 11.6 Å². The maximum atomic E-state index is 13.0. The van der Waals surface area contributed by atoms with Gasteiger partial charge in [-0.05, 0) is 55.8 Å². The largest absolute Gasteiger partial charge is 0.482 e. The second kappa shape index (κ2) is 11.0. The van der Waals surface area contributed by atoms with Gasteiger partial charge in [-0.2, -0.15) is 0 Å². The zero-order valence-electron chi connectivity index (χ0n) is 18.3. The van der Waals surface area contributed by atoms with Crippen LogP contribution in [0.1, 0.15) is 41.4 Å². The maximum Gasteiger partial charge on any atom is 0.344 e. The van der Waals surface area contributed by atoms with Crippen molar-refractivity contribution in [3.05, 3.63) is 101 Å². The third-order valence-corrected chi connectivity index (χ3v) is 4.92. The van der Waals surface area contributed by atoms with Crippen molar-refractivity contribution in [1.82, 2.24) is 5.32 Å². The van der Waals surface area contributed by atoms with Gasteiger partial charge in [0.2, 0.25) is 0 Å². The Morgan fingerprint density at radius 2 is 1.45 bits per heavy atom. The van der Waals surface area contributed by atoms with Crippen LogP contribution in [0.15, 0.2) is 78.9 Å². The molecule has 3 rings (SSSR count). The number of carbonyl (C=O) groups excluding carboxylic acids is 3. The molecule has 0 saturated carbocycles. The zero-order chi connectivity index (χ0) is 23.8. The molecule has 1 amide bonds. The molecule has 0 aliphatic heterocycles. The fourth-order valence-electron chi connectivity index (χ4n) is 3.05. The first kappa shape index (κ1) is 23.7. The van der Waals surface area contributed by atoms with Gasteiger partial charge in [-0.25, -0.2) is 9.18 Å². The average molecular weight is 449 g/mol. The SMILES string of the molecule is CC(OC(=O)COc1ccc(C(=O)c2ccccc2)cc1)C(=O)NC(C)c1ccc(F)cc1. The average Bonchev–Trinajstić information content (AvgIpc) is 2.83. The molecule has 0 aliphatic rings. The van der Waals surface area contributed by atoms with E-state index in [9.17, 15) is 18.8 Å². The summed E-state index contributed by atoms with van der Waals surface area (Å²) in [7, 11) is 0. The second-order valence-corrected chi connectivity index (χ2v) is 7.42. The molecule has 0 spiro atoms. The third-order valence-electron chi connectivity index (χ3n) is 4.92. The number of amides is 1. The molecule has 0 bridgehead atoms. The van der Waals surface area contributed by atoms with Crippen LogP contribution in [0, 0.1) is 5.82 Å². The van der Waals surface area contributed by atoms with Crippen LogP contribution in [0.3, 0.4) is 0 Å². The molecule has 2 atom stereocenters. The molecule has 2 unspecified atom stereocenters. The van der Waals surface area contributed by atoms with E-state index >= 15 is 0 Å². The van der Waals surface area contributed by atoms with Crippen LogP contribution in [0.25, 0.3) is 0 Å². The fourth-order valence-corrected chi connectivity index (χ4v) is 3.05. The highest BCUT2D eigenvalue weighted by Gasteiger charge is 2.20. The van der Waals surface area contributed by atoms with E-state index in [1.165, 1.54) is 19.1 Å². The topological polar surface area (TPSA) is 81.7 Å². The Labute approximate surface area is 191 Å². The van der Waals surface area contributed by atoms with Crippen LogP contribution < -0.4 is 10.1 Å². The predicted octanol–water partition coefficient (Wildman–Crippen LogP) is 4.24. The quantitative estimate of drug-likeness (QED) is 0.390. The monoisotopic (exact) mass is 449 g/mol. The smallest absolute Gasteiger partial charge is 0.344 e. The van der Waals surface area contributed by atoms with Crippen molar-refractivity contribution in [3.63, 3.8) is 0 Å². The zero-order valence-corrected chi connectivity index (χ0v) is 18.3. The van der Waals surface area contributed by atoms with Crippen molar-refractivity contribution < 1.29 is 28.2 Å². The van der Waals surface area contributed by atoms with Crippen LogP contribution >= 0.6 is 0 Å². The minimum atomic E-state index is -1.03. The molecule has 0 aromatic heterocycles. The lowest BCUT2D eigenvalue weighted by Gasteiger charge is -2.18. The Hall–Kier alpha value is -4.00. The van der Waals surface area contributed by atoms with E-state index in [-0.39, 0.29) is 17.6 Å². The molecule has 1 N–H and O–H groups in total. The lowest BCUT2D eigenvalue weighted by atomic mass is 10.0.